The predicted molar refractivity (Wildman–Crippen MR) is 123 cm³/mol. The van der Waals surface area contributed by atoms with Crippen molar-refractivity contribution in [3.63, 3.8) is 0 Å². The van der Waals surface area contributed by atoms with Gasteiger partial charge in [-0.1, -0.05) is 30.7 Å². The van der Waals surface area contributed by atoms with Crippen LogP contribution >= 0.6 is 0 Å². The molecule has 0 spiro atoms. The molecule has 0 aliphatic carbocycles. The molecule has 1 unspecified atom stereocenters. The molecule has 2 N–H and O–H groups in total. The van der Waals surface area contributed by atoms with Gasteiger partial charge in [0.25, 0.3) is 0 Å². The van der Waals surface area contributed by atoms with Gasteiger partial charge in [0.05, 0.1) is 0 Å². The molecule has 2 aliphatic heterocycles. The number of aliphatic imine (C=N–C) groups is 1. The number of benzene rings is 1. The fourth-order valence-corrected chi connectivity index (χ4v) is 4.72. The van der Waals surface area contributed by atoms with Gasteiger partial charge in [0.15, 0.2) is 5.96 Å². The Labute approximate surface area is 182 Å². The van der Waals surface area contributed by atoms with Crippen molar-refractivity contribution in [1.29, 1.82) is 0 Å². The van der Waals surface area contributed by atoms with E-state index in [2.05, 4.69) is 56.6 Å². The number of hydrogen-bond donors (Lipinski definition) is 2. The zero-order valence-electron chi connectivity index (χ0n) is 19.0. The van der Waals surface area contributed by atoms with Crippen LogP contribution in [-0.4, -0.2) is 61.4 Å². The first kappa shape index (κ1) is 22.6. The Morgan fingerprint density at radius 1 is 1.10 bits per heavy atom. The van der Waals surface area contributed by atoms with Gasteiger partial charge in [-0.3, -0.25) is 14.7 Å². The molecule has 0 bridgehead atoms. The second-order valence-corrected chi connectivity index (χ2v) is 8.79. The Morgan fingerprint density at radius 3 is 2.50 bits per heavy atom. The smallest absolute Gasteiger partial charge is 0.220 e. The molecule has 0 aromatic heterocycles. The molecular weight excluding hydrogens is 374 g/mol. The maximum Gasteiger partial charge on any atom is 0.220 e. The summed E-state index contributed by atoms with van der Waals surface area (Å²) >= 11 is 0. The minimum absolute atomic E-state index is 0.149. The quantitative estimate of drug-likeness (QED) is 0.556. The van der Waals surface area contributed by atoms with E-state index in [1.165, 1.54) is 36.9 Å². The van der Waals surface area contributed by atoms with Crippen LogP contribution in [0.4, 0.5) is 0 Å². The third-order valence-corrected chi connectivity index (χ3v) is 6.75. The molecule has 3 rings (SSSR count). The highest BCUT2D eigenvalue weighted by Gasteiger charge is 2.23. The van der Waals surface area contributed by atoms with Gasteiger partial charge < -0.3 is 15.5 Å². The van der Waals surface area contributed by atoms with Crippen LogP contribution in [-0.2, 0) is 17.9 Å². The summed E-state index contributed by atoms with van der Waals surface area (Å²) in [6.45, 7) is 7.29. The molecule has 2 heterocycles. The van der Waals surface area contributed by atoms with E-state index in [0.717, 1.165) is 45.0 Å². The number of carbonyl (C=O) groups excluding carboxylic acids is 1. The Bertz CT molecular complexity index is 711. The molecule has 2 fully saturated rings. The summed E-state index contributed by atoms with van der Waals surface area (Å²) in [6.07, 6.45) is 6.70. The Morgan fingerprint density at radius 2 is 1.83 bits per heavy atom. The van der Waals surface area contributed by atoms with Crippen molar-refractivity contribution in [2.75, 3.05) is 33.7 Å². The van der Waals surface area contributed by atoms with Crippen LogP contribution in [0, 0.1) is 5.92 Å². The molecule has 0 radical (unpaired) electrons. The van der Waals surface area contributed by atoms with Crippen molar-refractivity contribution in [3.8, 4) is 0 Å². The van der Waals surface area contributed by atoms with E-state index in [1.807, 2.05) is 7.05 Å². The van der Waals surface area contributed by atoms with Crippen molar-refractivity contribution < 1.29 is 4.79 Å². The maximum atomic E-state index is 11.6. The molecule has 2 saturated heterocycles. The zero-order chi connectivity index (χ0) is 21.3. The molecule has 166 valence electrons. The fourth-order valence-electron chi connectivity index (χ4n) is 4.72. The number of rotatable bonds is 6. The van der Waals surface area contributed by atoms with Crippen molar-refractivity contribution in [2.24, 2.45) is 10.9 Å². The van der Waals surface area contributed by atoms with E-state index in [-0.39, 0.29) is 5.91 Å². The van der Waals surface area contributed by atoms with E-state index in [9.17, 15) is 4.79 Å². The third kappa shape index (κ3) is 6.21. The first-order valence-corrected chi connectivity index (χ1v) is 11.6. The number of amides is 1. The summed E-state index contributed by atoms with van der Waals surface area (Å²) < 4.78 is 0. The Hall–Kier alpha value is -2.08. The summed E-state index contributed by atoms with van der Waals surface area (Å²) in [5.74, 6) is 1.59. The molecule has 6 heteroatoms. The minimum atomic E-state index is 0.149. The van der Waals surface area contributed by atoms with Gasteiger partial charge in [-0.2, -0.15) is 0 Å². The molecule has 2 aliphatic rings. The Kier molecular flexibility index (Phi) is 8.55. The SMILES string of the molecule is CN=C(NCc1ccccc1CN1CCCCC1C)N1CCC(CC(=O)NC)CC1. The van der Waals surface area contributed by atoms with E-state index in [4.69, 9.17) is 0 Å². The number of likely N-dealkylation sites (tertiary alicyclic amines) is 2. The highest BCUT2D eigenvalue weighted by Crippen LogP contribution is 2.22. The summed E-state index contributed by atoms with van der Waals surface area (Å²) in [7, 11) is 3.58. The summed E-state index contributed by atoms with van der Waals surface area (Å²) in [5, 5.41) is 6.33. The lowest BCUT2D eigenvalue weighted by Gasteiger charge is -2.35. The van der Waals surface area contributed by atoms with Gasteiger partial charge in [0, 0.05) is 52.7 Å². The largest absolute Gasteiger partial charge is 0.359 e. The second-order valence-electron chi connectivity index (χ2n) is 8.79. The minimum Gasteiger partial charge on any atom is -0.359 e. The van der Waals surface area contributed by atoms with E-state index < -0.39 is 0 Å². The maximum absolute atomic E-state index is 11.6. The lowest BCUT2D eigenvalue weighted by molar-refractivity contribution is -0.121. The summed E-state index contributed by atoms with van der Waals surface area (Å²) in [6, 6.07) is 9.46. The van der Waals surface area contributed by atoms with Gasteiger partial charge in [0.1, 0.15) is 0 Å². The lowest BCUT2D eigenvalue weighted by atomic mass is 9.93. The number of piperidine rings is 2. The van der Waals surface area contributed by atoms with Crippen LogP contribution in [0.1, 0.15) is 56.6 Å². The molecule has 1 aromatic carbocycles. The van der Waals surface area contributed by atoms with Gasteiger partial charge in [-0.05, 0) is 56.2 Å². The first-order chi connectivity index (χ1) is 14.6. The third-order valence-electron chi connectivity index (χ3n) is 6.75. The van der Waals surface area contributed by atoms with Gasteiger partial charge >= 0.3 is 0 Å². The highest BCUT2D eigenvalue weighted by molar-refractivity contribution is 5.80. The standard InChI is InChI=1S/C24H39N5O/c1-19-8-6-7-13-29(19)18-22-10-5-4-9-21(22)17-27-24(26-3)28-14-11-20(12-15-28)16-23(30)25-2/h4-5,9-10,19-20H,6-8,11-18H2,1-3H3,(H,25,30)(H,26,27). The molecular formula is C24H39N5O. The zero-order valence-corrected chi connectivity index (χ0v) is 19.0. The molecule has 0 saturated carbocycles. The first-order valence-electron chi connectivity index (χ1n) is 11.6. The van der Waals surface area contributed by atoms with Crippen molar-refractivity contribution in [1.82, 2.24) is 20.4 Å². The Balaban J connectivity index is 1.54. The van der Waals surface area contributed by atoms with E-state index in [0.29, 0.717) is 18.4 Å². The van der Waals surface area contributed by atoms with Gasteiger partial charge in [0.2, 0.25) is 5.91 Å². The van der Waals surface area contributed by atoms with Crippen LogP contribution in [0.3, 0.4) is 0 Å². The molecule has 6 nitrogen and oxygen atoms in total. The van der Waals surface area contributed by atoms with Crippen molar-refractivity contribution in [3.05, 3.63) is 35.4 Å². The number of carbonyl (C=O) groups is 1. The van der Waals surface area contributed by atoms with Gasteiger partial charge in [-0.25, -0.2) is 0 Å². The lowest BCUT2D eigenvalue weighted by Crippen LogP contribution is -2.46. The van der Waals surface area contributed by atoms with Crippen molar-refractivity contribution >= 4 is 11.9 Å². The highest BCUT2D eigenvalue weighted by atomic mass is 16.1. The second kappa shape index (κ2) is 11.3. The van der Waals surface area contributed by atoms with Crippen LogP contribution in [0.2, 0.25) is 0 Å². The number of guanidine groups is 1. The molecule has 1 atom stereocenters. The van der Waals surface area contributed by atoms with Crippen LogP contribution in [0.25, 0.3) is 0 Å². The van der Waals surface area contributed by atoms with Crippen LogP contribution in [0.5, 0.6) is 0 Å². The normalized spacial score (nSPS) is 21.5. The molecule has 1 aromatic rings. The number of hydrogen-bond acceptors (Lipinski definition) is 3. The van der Waals surface area contributed by atoms with E-state index in [1.54, 1.807) is 7.05 Å². The van der Waals surface area contributed by atoms with Crippen LogP contribution < -0.4 is 10.6 Å². The molecule has 1 amide bonds. The summed E-state index contributed by atoms with van der Waals surface area (Å²) in [5.41, 5.74) is 2.77. The monoisotopic (exact) mass is 413 g/mol. The van der Waals surface area contributed by atoms with Crippen LogP contribution in [0.15, 0.2) is 29.3 Å². The van der Waals surface area contributed by atoms with Crippen molar-refractivity contribution in [2.45, 2.75) is 64.6 Å². The number of nitrogens with zero attached hydrogens (tertiary/aromatic N) is 3. The average molecular weight is 414 g/mol. The van der Waals surface area contributed by atoms with Gasteiger partial charge in [-0.15, -0.1) is 0 Å². The fraction of sp³-hybridized carbons (Fsp3) is 0.667. The number of nitrogens with one attached hydrogen (secondary N) is 2. The average Bonchev–Trinajstić information content (AvgIpc) is 2.77. The van der Waals surface area contributed by atoms with E-state index >= 15 is 0 Å². The topological polar surface area (TPSA) is 60.0 Å². The predicted octanol–water partition coefficient (Wildman–Crippen LogP) is 2.98. The molecule has 30 heavy (non-hydrogen) atoms. The summed E-state index contributed by atoms with van der Waals surface area (Å²) in [4.78, 5) is 21.1.